The molecule has 6 nitrogen and oxygen atoms in total. The second-order valence-corrected chi connectivity index (χ2v) is 5.20. The second-order valence-electron chi connectivity index (χ2n) is 4.80. The Balaban J connectivity index is 2.06. The van der Waals surface area contributed by atoms with Crippen LogP contribution in [0.5, 0.6) is 17.2 Å². The number of halogens is 1. The van der Waals surface area contributed by atoms with Crippen LogP contribution in [-0.2, 0) is 4.79 Å². The van der Waals surface area contributed by atoms with Crippen LogP contribution >= 0.6 is 11.6 Å². The molecule has 0 heterocycles. The molecule has 2 aromatic rings. The van der Waals surface area contributed by atoms with Crippen LogP contribution in [0.15, 0.2) is 36.4 Å². The Labute approximate surface area is 145 Å². The standard InChI is InChI=1S/C17H19ClN2O4/c1-22-14-8-11(9-15(23-2)17(14)24-3)19-10-16(21)20-13-7-5-4-6-12(13)18/h4-9,19H,10H2,1-3H3,(H,20,21). The summed E-state index contributed by atoms with van der Waals surface area (Å²) < 4.78 is 15.8. The van der Waals surface area contributed by atoms with Crippen LogP contribution < -0.4 is 24.8 Å². The van der Waals surface area contributed by atoms with Crippen LogP contribution in [0.1, 0.15) is 0 Å². The van der Waals surface area contributed by atoms with Gasteiger partial charge >= 0.3 is 0 Å². The number of methoxy groups -OCH3 is 3. The van der Waals surface area contributed by atoms with E-state index in [1.54, 1.807) is 36.4 Å². The van der Waals surface area contributed by atoms with Crippen LogP contribution in [0.4, 0.5) is 11.4 Å². The van der Waals surface area contributed by atoms with Crippen LogP contribution in [0.3, 0.4) is 0 Å². The van der Waals surface area contributed by atoms with Gasteiger partial charge in [0.05, 0.1) is 38.6 Å². The summed E-state index contributed by atoms with van der Waals surface area (Å²) in [5.41, 5.74) is 1.23. The number of carbonyl (C=O) groups excluding carboxylic acids is 1. The first-order valence-electron chi connectivity index (χ1n) is 7.17. The second kappa shape index (κ2) is 8.31. The summed E-state index contributed by atoms with van der Waals surface area (Å²) in [7, 11) is 4.60. The predicted molar refractivity (Wildman–Crippen MR) is 94.7 cm³/mol. The lowest BCUT2D eigenvalue weighted by atomic mass is 10.2. The molecule has 0 radical (unpaired) electrons. The Bertz CT molecular complexity index is 696. The smallest absolute Gasteiger partial charge is 0.243 e. The zero-order valence-electron chi connectivity index (χ0n) is 13.7. The number of ether oxygens (including phenoxy) is 3. The van der Waals surface area contributed by atoms with Gasteiger partial charge in [-0.15, -0.1) is 0 Å². The summed E-state index contributed by atoms with van der Waals surface area (Å²) in [5.74, 6) is 1.28. The van der Waals surface area contributed by atoms with E-state index in [0.29, 0.717) is 33.6 Å². The highest BCUT2D eigenvalue weighted by Gasteiger charge is 2.13. The molecule has 0 atom stereocenters. The molecular formula is C17H19ClN2O4. The average molecular weight is 351 g/mol. The molecule has 0 unspecified atom stereocenters. The first kappa shape index (κ1) is 17.7. The molecule has 24 heavy (non-hydrogen) atoms. The third-order valence-electron chi connectivity index (χ3n) is 3.27. The minimum atomic E-state index is -0.225. The predicted octanol–water partition coefficient (Wildman–Crippen LogP) is 3.42. The SMILES string of the molecule is COc1cc(NCC(=O)Nc2ccccc2Cl)cc(OC)c1OC. The number of para-hydroxylation sites is 1. The molecule has 0 aliphatic rings. The minimum Gasteiger partial charge on any atom is -0.493 e. The molecule has 0 saturated carbocycles. The third kappa shape index (κ3) is 4.23. The van der Waals surface area contributed by atoms with Crippen LogP contribution in [-0.4, -0.2) is 33.8 Å². The van der Waals surface area contributed by atoms with Gasteiger partial charge in [-0.3, -0.25) is 4.79 Å². The number of hydrogen-bond acceptors (Lipinski definition) is 5. The summed E-state index contributed by atoms with van der Waals surface area (Å²) in [6, 6.07) is 10.5. The minimum absolute atomic E-state index is 0.0594. The maximum Gasteiger partial charge on any atom is 0.243 e. The van der Waals surface area contributed by atoms with E-state index in [4.69, 9.17) is 25.8 Å². The van der Waals surface area contributed by atoms with Gasteiger partial charge in [0.2, 0.25) is 11.7 Å². The van der Waals surface area contributed by atoms with Crippen molar-refractivity contribution in [3.63, 3.8) is 0 Å². The number of amides is 1. The normalized spacial score (nSPS) is 10.0. The Kier molecular flexibility index (Phi) is 6.14. The number of hydrogen-bond donors (Lipinski definition) is 2. The van der Waals surface area contributed by atoms with E-state index < -0.39 is 0 Å². The van der Waals surface area contributed by atoms with Crippen molar-refractivity contribution in [3.05, 3.63) is 41.4 Å². The molecule has 1 amide bonds. The van der Waals surface area contributed by atoms with Crippen molar-refractivity contribution in [2.24, 2.45) is 0 Å². The number of benzene rings is 2. The van der Waals surface area contributed by atoms with E-state index in [0.717, 1.165) is 0 Å². The van der Waals surface area contributed by atoms with Crippen molar-refractivity contribution < 1.29 is 19.0 Å². The van der Waals surface area contributed by atoms with Crippen LogP contribution in [0, 0.1) is 0 Å². The van der Waals surface area contributed by atoms with Gasteiger partial charge in [-0.25, -0.2) is 0 Å². The molecule has 0 aliphatic heterocycles. The van der Waals surface area contributed by atoms with Crippen molar-refractivity contribution in [1.29, 1.82) is 0 Å². The highest BCUT2D eigenvalue weighted by Crippen LogP contribution is 2.39. The maximum absolute atomic E-state index is 12.1. The quantitative estimate of drug-likeness (QED) is 0.800. The monoisotopic (exact) mass is 350 g/mol. The van der Waals surface area contributed by atoms with E-state index in [1.165, 1.54) is 21.3 Å². The van der Waals surface area contributed by atoms with Crippen molar-refractivity contribution in [2.45, 2.75) is 0 Å². The van der Waals surface area contributed by atoms with Crippen molar-refractivity contribution in [2.75, 3.05) is 38.5 Å². The van der Waals surface area contributed by atoms with E-state index >= 15 is 0 Å². The Hall–Kier alpha value is -2.60. The summed E-state index contributed by atoms with van der Waals surface area (Å²) in [5, 5.41) is 6.24. The molecular weight excluding hydrogens is 332 g/mol. The summed E-state index contributed by atoms with van der Waals surface area (Å²) >= 11 is 6.02. The fourth-order valence-electron chi connectivity index (χ4n) is 2.12. The number of rotatable bonds is 7. The molecule has 128 valence electrons. The molecule has 2 N–H and O–H groups in total. The van der Waals surface area contributed by atoms with Gasteiger partial charge in [0.1, 0.15) is 0 Å². The molecule has 0 bridgehead atoms. The lowest BCUT2D eigenvalue weighted by Crippen LogP contribution is -2.22. The van der Waals surface area contributed by atoms with Crippen molar-refractivity contribution in [1.82, 2.24) is 0 Å². The maximum atomic E-state index is 12.1. The van der Waals surface area contributed by atoms with Gasteiger partial charge < -0.3 is 24.8 Å². The fraction of sp³-hybridized carbons (Fsp3) is 0.235. The van der Waals surface area contributed by atoms with E-state index in [-0.39, 0.29) is 12.5 Å². The summed E-state index contributed by atoms with van der Waals surface area (Å²) in [6.45, 7) is 0.0594. The average Bonchev–Trinajstić information content (AvgIpc) is 2.60. The largest absolute Gasteiger partial charge is 0.493 e. The lowest BCUT2D eigenvalue weighted by molar-refractivity contribution is -0.114. The first-order valence-corrected chi connectivity index (χ1v) is 7.55. The third-order valence-corrected chi connectivity index (χ3v) is 3.60. The van der Waals surface area contributed by atoms with E-state index in [1.807, 2.05) is 0 Å². The molecule has 2 rings (SSSR count). The van der Waals surface area contributed by atoms with E-state index in [2.05, 4.69) is 10.6 Å². The summed E-state index contributed by atoms with van der Waals surface area (Å²) in [4.78, 5) is 12.1. The highest BCUT2D eigenvalue weighted by atomic mass is 35.5. The molecule has 7 heteroatoms. The van der Waals surface area contributed by atoms with Gasteiger partial charge in [0.15, 0.2) is 11.5 Å². The van der Waals surface area contributed by atoms with Crippen LogP contribution in [0.25, 0.3) is 0 Å². The van der Waals surface area contributed by atoms with E-state index in [9.17, 15) is 4.79 Å². The Morgan fingerprint density at radius 2 is 1.67 bits per heavy atom. The molecule has 2 aromatic carbocycles. The zero-order chi connectivity index (χ0) is 17.5. The molecule has 0 aliphatic carbocycles. The highest BCUT2D eigenvalue weighted by molar-refractivity contribution is 6.33. The number of anilines is 2. The molecule has 0 saturated heterocycles. The Morgan fingerprint density at radius 1 is 1.04 bits per heavy atom. The molecule has 0 fully saturated rings. The summed E-state index contributed by atoms with van der Waals surface area (Å²) in [6.07, 6.45) is 0. The Morgan fingerprint density at radius 3 is 2.21 bits per heavy atom. The first-order chi connectivity index (χ1) is 11.6. The van der Waals surface area contributed by atoms with Crippen LogP contribution in [0.2, 0.25) is 5.02 Å². The van der Waals surface area contributed by atoms with Crippen molar-refractivity contribution in [3.8, 4) is 17.2 Å². The molecule has 0 spiro atoms. The topological polar surface area (TPSA) is 68.8 Å². The number of nitrogens with one attached hydrogen (secondary N) is 2. The fourth-order valence-corrected chi connectivity index (χ4v) is 2.31. The van der Waals surface area contributed by atoms with Gasteiger partial charge in [-0.05, 0) is 12.1 Å². The number of carbonyl (C=O) groups is 1. The lowest BCUT2D eigenvalue weighted by Gasteiger charge is -2.15. The van der Waals surface area contributed by atoms with Gasteiger partial charge in [-0.1, -0.05) is 23.7 Å². The van der Waals surface area contributed by atoms with Gasteiger partial charge in [0.25, 0.3) is 0 Å². The van der Waals surface area contributed by atoms with Gasteiger partial charge in [-0.2, -0.15) is 0 Å². The molecule has 0 aromatic heterocycles. The van der Waals surface area contributed by atoms with Crippen molar-refractivity contribution >= 4 is 28.9 Å². The zero-order valence-corrected chi connectivity index (χ0v) is 14.4. The van der Waals surface area contributed by atoms with Gasteiger partial charge in [0, 0.05) is 17.8 Å².